The Balaban J connectivity index is -0.000000995. The van der Waals surface area contributed by atoms with Crippen molar-refractivity contribution in [3.05, 3.63) is 148 Å². The number of halogens is 4. The molecule has 0 N–H and O–H groups in total. The Morgan fingerprint density at radius 3 is 0.744 bits per heavy atom. The van der Waals surface area contributed by atoms with Crippen LogP contribution in [0.5, 0.6) is 0 Å². The fourth-order valence-corrected chi connectivity index (χ4v) is 8.59. The summed E-state index contributed by atoms with van der Waals surface area (Å²) < 4.78 is 69.0. The van der Waals surface area contributed by atoms with E-state index in [2.05, 4.69) is 148 Å². The summed E-state index contributed by atoms with van der Waals surface area (Å²) in [5.41, 5.74) is 0. The van der Waals surface area contributed by atoms with E-state index in [0.29, 0.717) is 0 Å². The van der Waals surface area contributed by atoms with E-state index in [1.54, 1.807) is 0 Å². The van der Waals surface area contributed by atoms with Gasteiger partial charge in [-0.1, -0.05) is 121 Å². The molecular formula is C31H26BF4MnO4P2-. The van der Waals surface area contributed by atoms with Crippen molar-refractivity contribution < 1.29 is 52.9 Å². The summed E-state index contributed by atoms with van der Waals surface area (Å²) in [6.07, 6.45) is 3.72. The molecule has 43 heavy (non-hydrogen) atoms. The molecule has 223 valence electrons. The van der Waals surface area contributed by atoms with Crippen molar-refractivity contribution in [1.29, 1.82) is 0 Å². The second kappa shape index (κ2) is 29.1. The Labute approximate surface area is 263 Å². The van der Waals surface area contributed by atoms with Crippen molar-refractivity contribution >= 4 is 44.3 Å². The summed E-state index contributed by atoms with van der Waals surface area (Å²) in [5, 5.41) is 5.94. The fraction of sp³-hybridized carbons (Fsp3) is 0.0968. The van der Waals surface area contributed by atoms with E-state index in [4.69, 9.17) is 18.6 Å². The Bertz CT molecular complexity index is 1090. The first-order valence-electron chi connectivity index (χ1n) is 11.9. The number of hydrogen-bond acceptors (Lipinski definition) is 0. The molecule has 1 radical (unpaired) electrons. The van der Waals surface area contributed by atoms with Crippen LogP contribution in [0.3, 0.4) is 0 Å². The van der Waals surface area contributed by atoms with Crippen LogP contribution in [0, 0.1) is 26.6 Å². The standard InChI is InChI=1S/C27H26P2.4CO.BF4.Mn/c1-5-14-24(15-6-1)28(25-16-7-2-8-17-25)22-13-23-29(26-18-9-3-10-19-26)27-20-11-4-12-21-27;4*1-2;2-1(3,4)5;/h1-12,14-21H,13,22-23H2;;;;;;/q;;;;;-1;. The quantitative estimate of drug-likeness (QED) is 0.0653. The van der Waals surface area contributed by atoms with Crippen LogP contribution in [-0.2, 0) is 35.7 Å². The maximum atomic E-state index is 9.75. The number of hydrogen-bond donors (Lipinski definition) is 0. The van der Waals surface area contributed by atoms with E-state index in [-0.39, 0.29) is 32.9 Å². The molecule has 0 heterocycles. The van der Waals surface area contributed by atoms with Crippen LogP contribution in [0.1, 0.15) is 6.42 Å². The van der Waals surface area contributed by atoms with Crippen LogP contribution in [0.25, 0.3) is 0 Å². The molecule has 0 aliphatic rings. The van der Waals surface area contributed by atoms with Gasteiger partial charge in [0.05, 0.1) is 0 Å². The molecule has 0 bridgehead atoms. The molecule has 0 aliphatic heterocycles. The van der Waals surface area contributed by atoms with E-state index in [1.807, 2.05) is 0 Å². The van der Waals surface area contributed by atoms with Crippen LogP contribution in [-0.4, -0.2) is 19.6 Å². The Hall–Kier alpha value is -3.00. The normalized spacial score (nSPS) is 9.07. The molecule has 4 aromatic rings. The Morgan fingerprint density at radius 2 is 0.581 bits per heavy atom. The van der Waals surface area contributed by atoms with E-state index in [0.717, 1.165) is 0 Å². The predicted molar refractivity (Wildman–Crippen MR) is 158 cm³/mol. The van der Waals surface area contributed by atoms with Gasteiger partial charge in [0, 0.05) is 17.1 Å². The summed E-state index contributed by atoms with van der Waals surface area (Å²) >= 11 is 0. The average Bonchev–Trinajstić information content (AvgIpc) is 3.06. The largest absolute Gasteiger partial charge is 0.0622 e. The van der Waals surface area contributed by atoms with Gasteiger partial charge in [-0.25, -0.2) is 0 Å². The molecule has 0 spiro atoms. The van der Waals surface area contributed by atoms with Crippen molar-refractivity contribution in [2.24, 2.45) is 0 Å². The summed E-state index contributed by atoms with van der Waals surface area (Å²) in [6, 6.07) is 44.3. The van der Waals surface area contributed by atoms with Crippen LogP contribution in [0.15, 0.2) is 121 Å². The van der Waals surface area contributed by atoms with Crippen LogP contribution < -0.4 is 21.2 Å². The molecule has 4 aromatic carbocycles. The molecule has 4 rings (SSSR count). The van der Waals surface area contributed by atoms with E-state index >= 15 is 0 Å². The zero-order chi connectivity index (χ0) is 32.2. The van der Waals surface area contributed by atoms with Gasteiger partial charge in [-0.05, 0) is 55.8 Å². The van der Waals surface area contributed by atoms with E-state index in [1.165, 1.54) is 40.0 Å². The third kappa shape index (κ3) is 20.5. The van der Waals surface area contributed by atoms with Gasteiger partial charge in [-0.2, -0.15) is 0 Å². The van der Waals surface area contributed by atoms with E-state index in [9.17, 15) is 17.3 Å². The first kappa shape index (κ1) is 44.4. The molecule has 0 amide bonds. The third-order valence-corrected chi connectivity index (χ3v) is 10.2. The molecule has 0 fully saturated rings. The Kier molecular flexibility index (Phi) is 30.1. The molecule has 0 aromatic heterocycles. The summed E-state index contributed by atoms with van der Waals surface area (Å²) in [7, 11) is -6.62. The monoisotopic (exact) mass is 666 g/mol. The molecule has 12 heteroatoms. The summed E-state index contributed by atoms with van der Waals surface area (Å²) in [6.45, 7) is 18.0. The maximum Gasteiger partial charge on any atom is 0 e. The summed E-state index contributed by atoms with van der Waals surface area (Å²) in [5.74, 6) is 0. The minimum absolute atomic E-state index is 0. The molecule has 4 nitrogen and oxygen atoms in total. The first-order valence-corrected chi connectivity index (χ1v) is 14.9. The van der Waals surface area contributed by atoms with Gasteiger partial charge in [-0.3, -0.25) is 0 Å². The second-order valence-electron chi connectivity index (χ2n) is 7.49. The number of rotatable bonds is 8. The second-order valence-corrected chi connectivity index (χ2v) is 12.2. The fourth-order valence-electron chi connectivity index (χ4n) is 3.63. The zero-order valence-corrected chi connectivity index (χ0v) is 25.6. The van der Waals surface area contributed by atoms with Crippen molar-refractivity contribution in [2.45, 2.75) is 6.42 Å². The SMILES string of the molecule is F[B-](F)(F)F.[C-]#[O+].[C-]#[O+].[C-]#[O+].[C-]#[O+].[Mn].c1ccc(P(CCCP(c2ccccc2)c2ccccc2)c2ccccc2)cc1. The van der Waals surface area contributed by atoms with Crippen molar-refractivity contribution in [3.8, 4) is 0 Å². The first-order chi connectivity index (χ1) is 20.4. The molecule has 0 saturated heterocycles. The minimum atomic E-state index is -6.00. The van der Waals surface area contributed by atoms with Crippen molar-refractivity contribution in [3.63, 3.8) is 0 Å². The van der Waals surface area contributed by atoms with Gasteiger partial charge in [-0.15, -0.1) is 0 Å². The molecule has 0 aliphatic carbocycles. The smallest absolute Gasteiger partial charge is 0 e. The molecule has 0 unspecified atom stereocenters. The van der Waals surface area contributed by atoms with Gasteiger partial charge in [0.1, 0.15) is 0 Å². The van der Waals surface area contributed by atoms with Crippen LogP contribution in [0.2, 0.25) is 0 Å². The van der Waals surface area contributed by atoms with Crippen molar-refractivity contribution in [1.82, 2.24) is 0 Å². The molecule has 0 atom stereocenters. The maximum absolute atomic E-state index is 9.75. The predicted octanol–water partition coefficient (Wildman–Crippen LogP) is 6.79. The van der Waals surface area contributed by atoms with Gasteiger partial charge in [0.2, 0.25) is 0 Å². The van der Waals surface area contributed by atoms with Crippen molar-refractivity contribution in [2.75, 3.05) is 12.3 Å². The Morgan fingerprint density at radius 1 is 0.419 bits per heavy atom. The number of benzene rings is 4. The van der Waals surface area contributed by atoms with Crippen LogP contribution >= 0.6 is 15.8 Å². The van der Waals surface area contributed by atoms with Gasteiger partial charge in [0.25, 0.3) is 0 Å². The topological polar surface area (TPSA) is 79.6 Å². The van der Waals surface area contributed by atoms with Gasteiger partial charge in [0.15, 0.2) is 0 Å². The van der Waals surface area contributed by atoms with Gasteiger partial charge >= 0.3 is 52.5 Å². The van der Waals surface area contributed by atoms with Gasteiger partial charge < -0.3 is 17.3 Å². The van der Waals surface area contributed by atoms with Crippen LogP contribution in [0.4, 0.5) is 17.3 Å². The summed E-state index contributed by atoms with van der Waals surface area (Å²) in [4.78, 5) is 0. The average molecular weight is 666 g/mol. The zero-order valence-electron chi connectivity index (χ0n) is 22.7. The molecule has 0 saturated carbocycles. The van der Waals surface area contributed by atoms with E-state index < -0.39 is 7.25 Å². The minimum Gasteiger partial charge on any atom is -0.0622 e. The third-order valence-electron chi connectivity index (χ3n) is 5.03. The molecular weight excluding hydrogens is 640 g/mol.